The molecule has 2 aromatic rings. The summed E-state index contributed by atoms with van der Waals surface area (Å²) in [6.45, 7) is 2.18. The minimum Gasteiger partial charge on any atom is -0.466 e. The summed E-state index contributed by atoms with van der Waals surface area (Å²) in [4.78, 5) is 11.5. The van der Waals surface area contributed by atoms with Crippen molar-refractivity contribution in [2.45, 2.75) is 19.4 Å². The van der Waals surface area contributed by atoms with E-state index in [1.54, 1.807) is 6.92 Å². The number of hydrogen-bond donors (Lipinski definition) is 1. The summed E-state index contributed by atoms with van der Waals surface area (Å²) < 4.78 is 4.93. The van der Waals surface area contributed by atoms with Crippen molar-refractivity contribution < 1.29 is 9.53 Å². The molecule has 0 spiro atoms. The number of hydrogen-bond acceptors (Lipinski definition) is 3. The van der Waals surface area contributed by atoms with E-state index in [2.05, 4.69) is 0 Å². The fourth-order valence-corrected chi connectivity index (χ4v) is 2.08. The zero-order chi connectivity index (χ0) is 13.0. The smallest absolute Gasteiger partial charge is 0.307 e. The highest BCUT2D eigenvalue weighted by Gasteiger charge is 2.14. The lowest BCUT2D eigenvalue weighted by Gasteiger charge is -2.14. The largest absolute Gasteiger partial charge is 0.466 e. The van der Waals surface area contributed by atoms with E-state index in [-0.39, 0.29) is 18.4 Å². The summed E-state index contributed by atoms with van der Waals surface area (Å²) in [5.41, 5.74) is 7.08. The first kappa shape index (κ1) is 12.6. The summed E-state index contributed by atoms with van der Waals surface area (Å²) in [6, 6.07) is 13.7. The first-order valence-electron chi connectivity index (χ1n) is 6.11. The lowest BCUT2D eigenvalue weighted by atomic mass is 9.97. The molecule has 94 valence electrons. The Balaban J connectivity index is 2.27. The molecule has 1 atom stereocenters. The van der Waals surface area contributed by atoms with Crippen LogP contribution in [-0.2, 0) is 9.53 Å². The average molecular weight is 243 g/mol. The van der Waals surface area contributed by atoms with Crippen LogP contribution >= 0.6 is 0 Å². The Morgan fingerprint density at radius 2 is 1.94 bits per heavy atom. The van der Waals surface area contributed by atoms with Gasteiger partial charge in [0.2, 0.25) is 0 Å². The highest BCUT2D eigenvalue weighted by atomic mass is 16.5. The van der Waals surface area contributed by atoms with Crippen molar-refractivity contribution in [3.63, 3.8) is 0 Å². The van der Waals surface area contributed by atoms with Gasteiger partial charge in [-0.3, -0.25) is 4.79 Å². The Kier molecular flexibility index (Phi) is 3.95. The van der Waals surface area contributed by atoms with Crippen molar-refractivity contribution in [1.82, 2.24) is 0 Å². The van der Waals surface area contributed by atoms with Gasteiger partial charge in [-0.15, -0.1) is 0 Å². The normalized spacial score (nSPS) is 12.3. The van der Waals surface area contributed by atoms with E-state index in [9.17, 15) is 4.79 Å². The third-order valence-electron chi connectivity index (χ3n) is 2.91. The number of carbonyl (C=O) groups excluding carboxylic acids is 1. The summed E-state index contributed by atoms with van der Waals surface area (Å²) in [7, 11) is 0. The minimum atomic E-state index is -0.324. The molecule has 0 heterocycles. The molecule has 0 saturated carbocycles. The van der Waals surface area contributed by atoms with Gasteiger partial charge in [-0.25, -0.2) is 0 Å². The van der Waals surface area contributed by atoms with Gasteiger partial charge in [-0.05, 0) is 23.3 Å². The molecule has 0 aromatic heterocycles. The standard InChI is InChI=1S/C15H17NO2/c1-2-18-15(17)10-14(16)13-9-5-7-11-6-3-4-8-12(11)13/h3-9,14H,2,10,16H2,1H3. The molecule has 3 nitrogen and oxygen atoms in total. The zero-order valence-electron chi connectivity index (χ0n) is 10.4. The highest BCUT2D eigenvalue weighted by Crippen LogP contribution is 2.24. The number of esters is 1. The number of ether oxygens (including phenoxy) is 1. The predicted octanol–water partition coefficient (Wildman–Crippen LogP) is 2.79. The third kappa shape index (κ3) is 2.68. The minimum absolute atomic E-state index is 0.210. The molecule has 1 unspecified atom stereocenters. The van der Waals surface area contributed by atoms with Gasteiger partial charge in [-0.2, -0.15) is 0 Å². The van der Waals surface area contributed by atoms with E-state index < -0.39 is 0 Å². The lowest BCUT2D eigenvalue weighted by molar-refractivity contribution is -0.143. The first-order chi connectivity index (χ1) is 8.72. The van der Waals surface area contributed by atoms with Gasteiger partial charge in [0, 0.05) is 6.04 Å². The molecule has 0 radical (unpaired) electrons. The van der Waals surface area contributed by atoms with Gasteiger partial charge < -0.3 is 10.5 Å². The van der Waals surface area contributed by atoms with Crippen LogP contribution in [0.1, 0.15) is 24.9 Å². The van der Waals surface area contributed by atoms with Crippen molar-refractivity contribution in [1.29, 1.82) is 0 Å². The van der Waals surface area contributed by atoms with Gasteiger partial charge in [0.1, 0.15) is 0 Å². The maximum absolute atomic E-state index is 11.5. The van der Waals surface area contributed by atoms with Crippen LogP contribution in [-0.4, -0.2) is 12.6 Å². The van der Waals surface area contributed by atoms with Crippen molar-refractivity contribution in [2.75, 3.05) is 6.61 Å². The second-order valence-electron chi connectivity index (χ2n) is 4.18. The highest BCUT2D eigenvalue weighted by molar-refractivity contribution is 5.86. The molecule has 0 saturated heterocycles. The van der Waals surface area contributed by atoms with E-state index in [0.717, 1.165) is 16.3 Å². The SMILES string of the molecule is CCOC(=O)CC(N)c1cccc2ccccc12. The summed E-state index contributed by atoms with van der Waals surface area (Å²) in [6.07, 6.45) is 0.210. The van der Waals surface area contributed by atoms with Crippen LogP contribution < -0.4 is 5.73 Å². The van der Waals surface area contributed by atoms with Gasteiger partial charge in [-0.1, -0.05) is 42.5 Å². The number of benzene rings is 2. The Morgan fingerprint density at radius 1 is 1.22 bits per heavy atom. The van der Waals surface area contributed by atoms with E-state index in [1.807, 2.05) is 42.5 Å². The van der Waals surface area contributed by atoms with Crippen molar-refractivity contribution in [3.8, 4) is 0 Å². The summed E-state index contributed by atoms with van der Waals surface area (Å²) in [5, 5.41) is 2.23. The molecular formula is C15H17NO2. The molecule has 0 aliphatic carbocycles. The van der Waals surface area contributed by atoms with Crippen molar-refractivity contribution in [2.24, 2.45) is 5.73 Å². The van der Waals surface area contributed by atoms with Crippen LogP contribution in [0.25, 0.3) is 10.8 Å². The van der Waals surface area contributed by atoms with E-state index >= 15 is 0 Å². The van der Waals surface area contributed by atoms with Crippen LogP contribution in [0.5, 0.6) is 0 Å². The van der Waals surface area contributed by atoms with Crippen LogP contribution in [0, 0.1) is 0 Å². The third-order valence-corrected chi connectivity index (χ3v) is 2.91. The molecule has 2 N–H and O–H groups in total. The molecule has 2 aromatic carbocycles. The molecule has 0 aliphatic rings. The van der Waals surface area contributed by atoms with E-state index in [4.69, 9.17) is 10.5 Å². The second-order valence-corrected chi connectivity index (χ2v) is 4.18. The van der Waals surface area contributed by atoms with Crippen LogP contribution in [0.4, 0.5) is 0 Å². The van der Waals surface area contributed by atoms with Gasteiger partial charge in [0.05, 0.1) is 13.0 Å². The molecule has 0 amide bonds. The van der Waals surface area contributed by atoms with E-state index in [0.29, 0.717) is 6.61 Å². The summed E-state index contributed by atoms with van der Waals surface area (Å²) >= 11 is 0. The van der Waals surface area contributed by atoms with Crippen molar-refractivity contribution >= 4 is 16.7 Å². The fourth-order valence-electron chi connectivity index (χ4n) is 2.08. The number of nitrogens with two attached hydrogens (primary N) is 1. The lowest BCUT2D eigenvalue weighted by Crippen LogP contribution is -2.17. The average Bonchev–Trinajstić information content (AvgIpc) is 2.38. The molecular weight excluding hydrogens is 226 g/mol. The molecule has 18 heavy (non-hydrogen) atoms. The molecule has 2 rings (SSSR count). The Labute approximate surface area is 107 Å². The predicted molar refractivity (Wildman–Crippen MR) is 72.1 cm³/mol. The van der Waals surface area contributed by atoms with Gasteiger partial charge in [0.15, 0.2) is 0 Å². The Hall–Kier alpha value is -1.87. The molecule has 0 bridgehead atoms. The topological polar surface area (TPSA) is 52.3 Å². The van der Waals surface area contributed by atoms with Gasteiger partial charge in [0.25, 0.3) is 0 Å². The molecule has 0 fully saturated rings. The Bertz CT molecular complexity index is 546. The maximum atomic E-state index is 11.5. The van der Waals surface area contributed by atoms with Crippen LogP contribution in [0.2, 0.25) is 0 Å². The van der Waals surface area contributed by atoms with Crippen LogP contribution in [0.3, 0.4) is 0 Å². The Morgan fingerprint density at radius 3 is 2.72 bits per heavy atom. The molecule has 3 heteroatoms. The van der Waals surface area contributed by atoms with E-state index in [1.165, 1.54) is 0 Å². The fraction of sp³-hybridized carbons (Fsp3) is 0.267. The zero-order valence-corrected chi connectivity index (χ0v) is 10.4. The van der Waals surface area contributed by atoms with Crippen LogP contribution in [0.15, 0.2) is 42.5 Å². The maximum Gasteiger partial charge on any atom is 0.307 e. The number of carbonyl (C=O) groups is 1. The van der Waals surface area contributed by atoms with Gasteiger partial charge >= 0.3 is 5.97 Å². The second kappa shape index (κ2) is 5.65. The summed E-state index contributed by atoms with van der Waals surface area (Å²) in [5.74, 6) is -0.252. The number of rotatable bonds is 4. The first-order valence-corrected chi connectivity index (χ1v) is 6.11. The molecule has 0 aliphatic heterocycles. The van der Waals surface area contributed by atoms with Crippen molar-refractivity contribution in [3.05, 3.63) is 48.0 Å². The monoisotopic (exact) mass is 243 g/mol. The number of fused-ring (bicyclic) bond motifs is 1. The quantitative estimate of drug-likeness (QED) is 0.840.